The van der Waals surface area contributed by atoms with Gasteiger partial charge in [0.15, 0.2) is 0 Å². The van der Waals surface area contributed by atoms with E-state index in [4.69, 9.17) is 5.11 Å². The molecule has 2 unspecified atom stereocenters. The van der Waals surface area contributed by atoms with E-state index in [2.05, 4.69) is 23.6 Å². The summed E-state index contributed by atoms with van der Waals surface area (Å²) in [5, 5.41) is 8.98. The summed E-state index contributed by atoms with van der Waals surface area (Å²) in [5.41, 5.74) is 0. The number of hydrogen-bond donors (Lipinski definition) is 1. The zero-order chi connectivity index (χ0) is 11.7. The van der Waals surface area contributed by atoms with Crippen molar-refractivity contribution in [3.63, 3.8) is 0 Å². The molecule has 0 saturated carbocycles. The van der Waals surface area contributed by atoms with Gasteiger partial charge >= 0.3 is 5.97 Å². The number of hydrogen-bond acceptors (Lipinski definition) is 3. The molecule has 4 nitrogen and oxygen atoms in total. The first-order chi connectivity index (χ1) is 7.59. The molecule has 16 heavy (non-hydrogen) atoms. The van der Waals surface area contributed by atoms with Crippen LogP contribution in [-0.2, 0) is 4.79 Å². The van der Waals surface area contributed by atoms with Crippen molar-refractivity contribution in [1.29, 1.82) is 0 Å². The van der Waals surface area contributed by atoms with E-state index in [0.29, 0.717) is 18.1 Å². The molecule has 2 atom stereocenters. The van der Waals surface area contributed by atoms with Gasteiger partial charge in [-0.05, 0) is 39.7 Å². The van der Waals surface area contributed by atoms with Crippen LogP contribution in [0.2, 0.25) is 0 Å². The van der Waals surface area contributed by atoms with Gasteiger partial charge in [0.1, 0.15) is 0 Å². The maximum atomic E-state index is 10.9. The van der Waals surface area contributed by atoms with Gasteiger partial charge in [0, 0.05) is 24.7 Å². The fourth-order valence-electron chi connectivity index (χ4n) is 3.28. The lowest BCUT2D eigenvalue weighted by molar-refractivity contribution is -0.139. The molecule has 0 aliphatic carbocycles. The molecular weight excluding hydrogens is 204 g/mol. The molecule has 0 amide bonds. The minimum Gasteiger partial charge on any atom is -0.480 e. The molecule has 0 bridgehead atoms. The largest absolute Gasteiger partial charge is 0.480 e. The molecule has 1 N–H and O–H groups in total. The number of aliphatic carboxylic acids is 1. The van der Waals surface area contributed by atoms with Gasteiger partial charge in [-0.25, -0.2) is 0 Å². The number of carboxylic acid groups (broad SMARTS) is 1. The zero-order valence-electron chi connectivity index (χ0n) is 10.2. The topological polar surface area (TPSA) is 43.8 Å². The Morgan fingerprint density at radius 2 is 2.19 bits per heavy atom. The van der Waals surface area contributed by atoms with Crippen molar-refractivity contribution in [2.24, 2.45) is 0 Å². The number of carboxylic acids is 1. The third-order valence-corrected chi connectivity index (χ3v) is 3.98. The Kier molecular flexibility index (Phi) is 3.50. The molecule has 2 saturated heterocycles. The Labute approximate surface area is 97.2 Å². The average Bonchev–Trinajstić information content (AvgIpc) is 2.74. The van der Waals surface area contributed by atoms with Gasteiger partial charge in [-0.3, -0.25) is 14.6 Å². The minimum atomic E-state index is -0.704. The molecule has 2 heterocycles. The van der Waals surface area contributed by atoms with Gasteiger partial charge in [-0.15, -0.1) is 0 Å². The molecule has 2 aliphatic heterocycles. The van der Waals surface area contributed by atoms with Crippen molar-refractivity contribution in [1.82, 2.24) is 9.80 Å². The van der Waals surface area contributed by atoms with E-state index in [9.17, 15) is 4.79 Å². The third-order valence-electron chi connectivity index (χ3n) is 3.98. The lowest BCUT2D eigenvalue weighted by Crippen LogP contribution is -2.48. The van der Waals surface area contributed by atoms with Crippen LogP contribution >= 0.6 is 0 Å². The highest BCUT2D eigenvalue weighted by atomic mass is 16.4. The SMILES string of the molecule is CC(C)N(CC(=O)O)C1CCN2CCCC12. The van der Waals surface area contributed by atoms with Crippen molar-refractivity contribution in [3.05, 3.63) is 0 Å². The number of rotatable bonds is 4. The second-order valence-corrected chi connectivity index (χ2v) is 5.26. The van der Waals surface area contributed by atoms with Crippen molar-refractivity contribution >= 4 is 5.97 Å². The molecule has 0 aromatic rings. The summed E-state index contributed by atoms with van der Waals surface area (Å²) in [6.07, 6.45) is 3.66. The minimum absolute atomic E-state index is 0.187. The normalized spacial score (nSPS) is 30.2. The predicted octanol–water partition coefficient (Wildman–Crippen LogP) is 1.02. The molecule has 2 rings (SSSR count). The Hall–Kier alpha value is -0.610. The van der Waals surface area contributed by atoms with Crippen LogP contribution in [0.15, 0.2) is 0 Å². The fraction of sp³-hybridized carbons (Fsp3) is 0.917. The molecule has 92 valence electrons. The van der Waals surface area contributed by atoms with E-state index in [1.54, 1.807) is 0 Å². The maximum Gasteiger partial charge on any atom is 0.317 e. The summed E-state index contributed by atoms with van der Waals surface area (Å²) in [6.45, 7) is 6.74. The van der Waals surface area contributed by atoms with Crippen LogP contribution in [-0.4, -0.2) is 58.6 Å². The van der Waals surface area contributed by atoms with Gasteiger partial charge in [-0.1, -0.05) is 0 Å². The number of nitrogens with zero attached hydrogens (tertiary/aromatic N) is 2. The highest BCUT2D eigenvalue weighted by molar-refractivity contribution is 5.69. The van der Waals surface area contributed by atoms with Gasteiger partial charge < -0.3 is 5.11 Å². The Morgan fingerprint density at radius 3 is 2.81 bits per heavy atom. The molecular formula is C12H22N2O2. The molecule has 0 spiro atoms. The van der Waals surface area contributed by atoms with Crippen LogP contribution in [0.25, 0.3) is 0 Å². The van der Waals surface area contributed by atoms with E-state index in [-0.39, 0.29) is 6.54 Å². The Balaban J connectivity index is 2.05. The molecule has 0 aromatic heterocycles. The molecule has 4 heteroatoms. The maximum absolute atomic E-state index is 10.9. The lowest BCUT2D eigenvalue weighted by Gasteiger charge is -2.34. The summed E-state index contributed by atoms with van der Waals surface area (Å²) < 4.78 is 0. The summed E-state index contributed by atoms with van der Waals surface area (Å²) in [7, 11) is 0. The highest BCUT2D eigenvalue weighted by Gasteiger charge is 2.41. The monoisotopic (exact) mass is 226 g/mol. The van der Waals surface area contributed by atoms with Crippen LogP contribution in [0.4, 0.5) is 0 Å². The summed E-state index contributed by atoms with van der Waals surface area (Å²) in [6, 6.07) is 1.39. The summed E-state index contributed by atoms with van der Waals surface area (Å²) in [4.78, 5) is 15.6. The van der Waals surface area contributed by atoms with Gasteiger partial charge in [0.05, 0.1) is 6.54 Å². The second-order valence-electron chi connectivity index (χ2n) is 5.26. The van der Waals surface area contributed by atoms with Crippen molar-refractivity contribution in [3.8, 4) is 0 Å². The van der Waals surface area contributed by atoms with Crippen molar-refractivity contribution < 1.29 is 9.90 Å². The lowest BCUT2D eigenvalue weighted by atomic mass is 10.0. The van der Waals surface area contributed by atoms with Crippen LogP contribution in [0.3, 0.4) is 0 Å². The predicted molar refractivity (Wildman–Crippen MR) is 62.5 cm³/mol. The first-order valence-corrected chi connectivity index (χ1v) is 6.31. The first-order valence-electron chi connectivity index (χ1n) is 6.31. The van der Waals surface area contributed by atoms with E-state index in [1.165, 1.54) is 19.4 Å². The third kappa shape index (κ3) is 2.23. The van der Waals surface area contributed by atoms with Crippen LogP contribution in [0, 0.1) is 0 Å². The molecule has 0 radical (unpaired) electrons. The van der Waals surface area contributed by atoms with Gasteiger partial charge in [0.25, 0.3) is 0 Å². The highest BCUT2D eigenvalue weighted by Crippen LogP contribution is 2.31. The number of carbonyl (C=O) groups is 1. The summed E-state index contributed by atoms with van der Waals surface area (Å²) >= 11 is 0. The number of fused-ring (bicyclic) bond motifs is 1. The standard InChI is InChI=1S/C12H22N2O2/c1-9(2)14(8-12(15)16)11-5-7-13-6-3-4-10(11)13/h9-11H,3-8H2,1-2H3,(H,15,16). The van der Waals surface area contributed by atoms with Gasteiger partial charge in [-0.2, -0.15) is 0 Å². The Morgan fingerprint density at radius 1 is 1.44 bits per heavy atom. The Bertz CT molecular complexity index is 268. The van der Waals surface area contributed by atoms with Crippen molar-refractivity contribution in [2.75, 3.05) is 19.6 Å². The van der Waals surface area contributed by atoms with Crippen LogP contribution < -0.4 is 0 Å². The van der Waals surface area contributed by atoms with Gasteiger partial charge in [0.2, 0.25) is 0 Å². The van der Waals surface area contributed by atoms with Crippen LogP contribution in [0.5, 0.6) is 0 Å². The average molecular weight is 226 g/mol. The fourth-order valence-corrected chi connectivity index (χ4v) is 3.28. The van der Waals surface area contributed by atoms with E-state index < -0.39 is 5.97 Å². The molecule has 2 aliphatic rings. The second kappa shape index (κ2) is 4.72. The van der Waals surface area contributed by atoms with E-state index >= 15 is 0 Å². The van der Waals surface area contributed by atoms with E-state index in [1.807, 2.05) is 0 Å². The smallest absolute Gasteiger partial charge is 0.317 e. The molecule has 2 fully saturated rings. The summed E-state index contributed by atoms with van der Waals surface area (Å²) in [5.74, 6) is -0.704. The van der Waals surface area contributed by atoms with E-state index in [0.717, 1.165) is 13.0 Å². The zero-order valence-corrected chi connectivity index (χ0v) is 10.2. The first kappa shape index (κ1) is 11.9. The quantitative estimate of drug-likeness (QED) is 0.777. The van der Waals surface area contributed by atoms with Crippen LogP contribution in [0.1, 0.15) is 33.1 Å². The van der Waals surface area contributed by atoms with Crippen molar-refractivity contribution in [2.45, 2.75) is 51.2 Å². The molecule has 0 aromatic carbocycles.